The van der Waals surface area contributed by atoms with Crippen LogP contribution in [0.25, 0.3) is 10.8 Å². The molecule has 0 aliphatic carbocycles. The second kappa shape index (κ2) is 7.95. The number of carboxylic acid groups (broad SMARTS) is 1. The molecule has 3 rings (SSSR count). The molecule has 0 radical (unpaired) electrons. The van der Waals surface area contributed by atoms with E-state index in [0.29, 0.717) is 6.07 Å². The SMILES string of the molecule is O=C(Cc1cc(F)cc(F)c1)N[C@@H](Cc1ccc2ccccc2c1)C(=O)O. The van der Waals surface area contributed by atoms with Gasteiger partial charge in [-0.15, -0.1) is 0 Å². The molecule has 3 aromatic rings. The summed E-state index contributed by atoms with van der Waals surface area (Å²) in [6.07, 6.45) is -0.209. The molecular weight excluding hydrogens is 352 g/mol. The smallest absolute Gasteiger partial charge is 0.326 e. The molecule has 0 fully saturated rings. The highest BCUT2D eigenvalue weighted by molar-refractivity contribution is 5.86. The first-order valence-electron chi connectivity index (χ1n) is 8.35. The quantitative estimate of drug-likeness (QED) is 0.699. The van der Waals surface area contributed by atoms with Crippen molar-refractivity contribution in [3.63, 3.8) is 0 Å². The zero-order valence-electron chi connectivity index (χ0n) is 14.3. The molecule has 0 saturated heterocycles. The number of halogens is 2. The van der Waals surface area contributed by atoms with Crippen LogP contribution in [-0.4, -0.2) is 23.0 Å². The van der Waals surface area contributed by atoms with Crippen LogP contribution in [0.4, 0.5) is 8.78 Å². The van der Waals surface area contributed by atoms with Gasteiger partial charge in [0.15, 0.2) is 0 Å². The molecule has 3 aromatic carbocycles. The van der Waals surface area contributed by atoms with Crippen molar-refractivity contribution in [2.24, 2.45) is 0 Å². The number of amides is 1. The van der Waals surface area contributed by atoms with Gasteiger partial charge in [0, 0.05) is 12.5 Å². The van der Waals surface area contributed by atoms with Gasteiger partial charge in [-0.05, 0) is 34.0 Å². The molecule has 0 saturated carbocycles. The number of hydrogen-bond donors (Lipinski definition) is 2. The molecule has 4 nitrogen and oxygen atoms in total. The Hall–Kier alpha value is -3.28. The third-order valence-electron chi connectivity index (χ3n) is 4.17. The molecule has 1 amide bonds. The van der Waals surface area contributed by atoms with Crippen molar-refractivity contribution in [3.8, 4) is 0 Å². The van der Waals surface area contributed by atoms with Gasteiger partial charge in [0.1, 0.15) is 17.7 Å². The van der Waals surface area contributed by atoms with E-state index in [9.17, 15) is 23.5 Å². The van der Waals surface area contributed by atoms with Crippen molar-refractivity contribution in [2.45, 2.75) is 18.9 Å². The highest BCUT2D eigenvalue weighted by Gasteiger charge is 2.21. The van der Waals surface area contributed by atoms with E-state index in [-0.39, 0.29) is 18.4 Å². The van der Waals surface area contributed by atoms with Crippen LogP contribution in [0.1, 0.15) is 11.1 Å². The van der Waals surface area contributed by atoms with Gasteiger partial charge < -0.3 is 10.4 Å². The number of hydrogen-bond acceptors (Lipinski definition) is 2. The summed E-state index contributed by atoms with van der Waals surface area (Å²) in [6, 6.07) is 14.9. The minimum Gasteiger partial charge on any atom is -0.480 e. The number of benzene rings is 3. The summed E-state index contributed by atoms with van der Waals surface area (Å²) in [4.78, 5) is 23.7. The molecule has 0 aliphatic rings. The molecule has 0 bridgehead atoms. The highest BCUT2D eigenvalue weighted by Crippen LogP contribution is 2.17. The van der Waals surface area contributed by atoms with Crippen molar-refractivity contribution in [1.29, 1.82) is 0 Å². The van der Waals surface area contributed by atoms with Gasteiger partial charge in [-0.3, -0.25) is 4.79 Å². The average molecular weight is 369 g/mol. The van der Waals surface area contributed by atoms with Crippen LogP contribution in [0.2, 0.25) is 0 Å². The largest absolute Gasteiger partial charge is 0.480 e. The van der Waals surface area contributed by atoms with Gasteiger partial charge >= 0.3 is 5.97 Å². The van der Waals surface area contributed by atoms with Crippen LogP contribution in [0, 0.1) is 11.6 Å². The van der Waals surface area contributed by atoms with Gasteiger partial charge in [-0.25, -0.2) is 13.6 Å². The van der Waals surface area contributed by atoms with Crippen molar-refractivity contribution in [3.05, 3.63) is 83.4 Å². The molecule has 6 heteroatoms. The zero-order valence-corrected chi connectivity index (χ0v) is 14.3. The van der Waals surface area contributed by atoms with E-state index >= 15 is 0 Å². The van der Waals surface area contributed by atoms with E-state index < -0.39 is 29.6 Å². The van der Waals surface area contributed by atoms with Crippen molar-refractivity contribution in [2.75, 3.05) is 0 Å². The lowest BCUT2D eigenvalue weighted by molar-refractivity contribution is -0.141. The lowest BCUT2D eigenvalue weighted by Crippen LogP contribution is -2.43. The fourth-order valence-corrected chi connectivity index (χ4v) is 2.95. The summed E-state index contributed by atoms with van der Waals surface area (Å²) >= 11 is 0. The van der Waals surface area contributed by atoms with Gasteiger partial charge in [-0.2, -0.15) is 0 Å². The number of carbonyl (C=O) groups is 2. The van der Waals surface area contributed by atoms with E-state index in [0.717, 1.165) is 28.5 Å². The first-order valence-corrected chi connectivity index (χ1v) is 8.35. The third-order valence-corrected chi connectivity index (χ3v) is 4.17. The first-order chi connectivity index (χ1) is 12.9. The Morgan fingerprint density at radius 1 is 0.889 bits per heavy atom. The second-order valence-electron chi connectivity index (χ2n) is 6.30. The molecule has 138 valence electrons. The number of rotatable bonds is 6. The highest BCUT2D eigenvalue weighted by atomic mass is 19.1. The summed E-state index contributed by atoms with van der Waals surface area (Å²) in [5.74, 6) is -3.37. The van der Waals surface area contributed by atoms with E-state index in [1.165, 1.54) is 0 Å². The van der Waals surface area contributed by atoms with E-state index in [4.69, 9.17) is 0 Å². The van der Waals surface area contributed by atoms with Crippen LogP contribution in [-0.2, 0) is 22.4 Å². The molecule has 0 aromatic heterocycles. The number of aliphatic carboxylic acids is 1. The molecule has 0 unspecified atom stereocenters. The molecule has 2 N–H and O–H groups in total. The Morgan fingerprint density at radius 3 is 2.22 bits per heavy atom. The topological polar surface area (TPSA) is 66.4 Å². The maximum atomic E-state index is 13.2. The third kappa shape index (κ3) is 4.88. The van der Waals surface area contributed by atoms with Crippen molar-refractivity contribution < 1.29 is 23.5 Å². The molecular formula is C21H17F2NO3. The standard InChI is InChI=1S/C21H17F2NO3/c22-17-8-14(9-18(23)12-17)11-20(25)24-19(21(26)27)10-13-5-6-15-3-1-2-4-16(15)7-13/h1-9,12,19H,10-11H2,(H,24,25)(H,26,27)/t19-/m0/s1. The summed E-state index contributed by atoms with van der Waals surface area (Å²) in [7, 11) is 0. The lowest BCUT2D eigenvalue weighted by Gasteiger charge is -2.15. The normalized spacial score (nSPS) is 11.9. The Morgan fingerprint density at radius 2 is 1.56 bits per heavy atom. The fourth-order valence-electron chi connectivity index (χ4n) is 2.95. The summed E-state index contributed by atoms with van der Waals surface area (Å²) in [5, 5.41) is 13.8. The van der Waals surface area contributed by atoms with Crippen molar-refractivity contribution >= 4 is 22.6 Å². The van der Waals surface area contributed by atoms with Crippen LogP contribution in [0.5, 0.6) is 0 Å². The second-order valence-corrected chi connectivity index (χ2v) is 6.30. The van der Waals surface area contributed by atoms with Gasteiger partial charge in [-0.1, -0.05) is 42.5 Å². The number of nitrogens with one attached hydrogen (secondary N) is 1. The maximum Gasteiger partial charge on any atom is 0.326 e. The van der Waals surface area contributed by atoms with Crippen LogP contribution < -0.4 is 5.32 Å². The van der Waals surface area contributed by atoms with Gasteiger partial charge in [0.25, 0.3) is 0 Å². The predicted molar refractivity (Wildman–Crippen MR) is 97.3 cm³/mol. The zero-order chi connectivity index (χ0) is 19.4. The Kier molecular flexibility index (Phi) is 5.45. The van der Waals surface area contributed by atoms with E-state index in [1.807, 2.05) is 42.5 Å². The first kappa shape index (κ1) is 18.5. The van der Waals surface area contributed by atoms with Crippen LogP contribution >= 0.6 is 0 Å². The monoisotopic (exact) mass is 369 g/mol. The molecule has 0 heterocycles. The van der Waals surface area contributed by atoms with Gasteiger partial charge in [0.05, 0.1) is 6.42 Å². The van der Waals surface area contributed by atoms with E-state index in [1.54, 1.807) is 0 Å². The summed E-state index contributed by atoms with van der Waals surface area (Å²) in [5.41, 5.74) is 0.901. The molecule has 1 atom stereocenters. The Labute approximate surface area is 154 Å². The Balaban J connectivity index is 1.71. The maximum absolute atomic E-state index is 13.2. The molecule has 0 spiro atoms. The van der Waals surface area contributed by atoms with Gasteiger partial charge in [0.2, 0.25) is 5.91 Å². The number of fused-ring (bicyclic) bond motifs is 1. The minimum absolute atomic E-state index is 0.101. The summed E-state index contributed by atoms with van der Waals surface area (Å²) in [6.45, 7) is 0. The minimum atomic E-state index is -1.18. The average Bonchev–Trinajstić information content (AvgIpc) is 2.60. The van der Waals surface area contributed by atoms with Crippen molar-refractivity contribution in [1.82, 2.24) is 5.32 Å². The van der Waals surface area contributed by atoms with E-state index in [2.05, 4.69) is 5.32 Å². The Bertz CT molecular complexity index is 983. The van der Waals surface area contributed by atoms with Crippen LogP contribution in [0.15, 0.2) is 60.7 Å². The summed E-state index contributed by atoms with van der Waals surface area (Å²) < 4.78 is 26.4. The number of carbonyl (C=O) groups excluding carboxylic acids is 1. The fraction of sp³-hybridized carbons (Fsp3) is 0.143. The molecule has 27 heavy (non-hydrogen) atoms. The van der Waals surface area contributed by atoms with Crippen LogP contribution in [0.3, 0.4) is 0 Å². The lowest BCUT2D eigenvalue weighted by atomic mass is 10.0. The predicted octanol–water partition coefficient (Wildman–Crippen LogP) is 3.47. The number of carboxylic acids is 1. The molecule has 0 aliphatic heterocycles.